The zero-order chi connectivity index (χ0) is 18.0. The maximum absolute atomic E-state index is 12.6. The smallest absolute Gasteiger partial charge is 0.275 e. The largest absolute Gasteiger partial charge is 0.505 e. The van der Waals surface area contributed by atoms with Crippen LogP contribution in [0.3, 0.4) is 0 Å². The second kappa shape index (κ2) is 7.39. The van der Waals surface area contributed by atoms with Crippen molar-refractivity contribution in [3.63, 3.8) is 0 Å². The zero-order valence-electron chi connectivity index (χ0n) is 13.9. The number of aromatic nitrogens is 2. The van der Waals surface area contributed by atoms with E-state index in [0.29, 0.717) is 11.6 Å². The molecule has 1 amide bonds. The van der Waals surface area contributed by atoms with Gasteiger partial charge in [-0.3, -0.25) is 9.59 Å². The Hall–Kier alpha value is -2.15. The number of hydrogen-bond donors (Lipinski definition) is 2. The van der Waals surface area contributed by atoms with E-state index < -0.39 is 17.2 Å². The van der Waals surface area contributed by atoms with Crippen molar-refractivity contribution >= 4 is 21.8 Å². The molecule has 1 aliphatic carbocycles. The predicted molar refractivity (Wildman–Crippen MR) is 98.1 cm³/mol. The molecule has 1 aromatic heterocycles. The number of nitrogens with zero attached hydrogens (tertiary/aromatic N) is 2. The second-order valence-electron chi connectivity index (χ2n) is 6.45. The van der Waals surface area contributed by atoms with Gasteiger partial charge in [-0.25, -0.2) is 0 Å². The highest BCUT2D eigenvalue weighted by atomic mass is 79.9. The number of halogens is 1. The summed E-state index contributed by atoms with van der Waals surface area (Å²) in [6.07, 6.45) is 4.24. The topological polar surface area (TPSA) is 84.2 Å². The number of nitrogens with one attached hydrogen (secondary N) is 1. The molecule has 2 aromatic rings. The lowest BCUT2D eigenvalue weighted by Gasteiger charge is -2.29. The summed E-state index contributed by atoms with van der Waals surface area (Å²) in [4.78, 5) is 24.7. The molecule has 1 aliphatic rings. The van der Waals surface area contributed by atoms with E-state index >= 15 is 0 Å². The first-order valence-corrected chi connectivity index (χ1v) is 9.15. The van der Waals surface area contributed by atoms with Crippen LogP contribution in [-0.4, -0.2) is 26.8 Å². The second-order valence-corrected chi connectivity index (χ2v) is 7.36. The number of amides is 1. The van der Waals surface area contributed by atoms with Gasteiger partial charge in [-0.15, -0.1) is 0 Å². The average molecular weight is 406 g/mol. The van der Waals surface area contributed by atoms with Gasteiger partial charge in [0.2, 0.25) is 0 Å². The molecule has 132 valence electrons. The van der Waals surface area contributed by atoms with Gasteiger partial charge in [0.15, 0.2) is 11.4 Å². The molecule has 0 bridgehead atoms. The number of carbonyl (C=O) groups excluding carboxylic acids is 1. The van der Waals surface area contributed by atoms with Gasteiger partial charge in [-0.2, -0.15) is 9.78 Å². The highest BCUT2D eigenvalue weighted by Gasteiger charge is 2.25. The summed E-state index contributed by atoms with van der Waals surface area (Å²) in [7, 11) is 0. The summed E-state index contributed by atoms with van der Waals surface area (Å²) >= 11 is 3.33. The lowest BCUT2D eigenvalue weighted by Crippen LogP contribution is -2.42. The van der Waals surface area contributed by atoms with Crippen LogP contribution in [0.1, 0.15) is 43.1 Å². The van der Waals surface area contributed by atoms with Crippen molar-refractivity contribution in [3.8, 4) is 11.4 Å². The zero-order valence-corrected chi connectivity index (χ0v) is 15.5. The molecule has 7 heteroatoms. The minimum atomic E-state index is -0.498. The van der Waals surface area contributed by atoms with Gasteiger partial charge >= 0.3 is 0 Å². The molecule has 25 heavy (non-hydrogen) atoms. The van der Waals surface area contributed by atoms with Gasteiger partial charge in [0.25, 0.3) is 11.5 Å². The molecule has 2 N–H and O–H groups in total. The third-order valence-corrected chi connectivity index (χ3v) is 5.15. The van der Waals surface area contributed by atoms with Gasteiger partial charge < -0.3 is 10.4 Å². The number of hydrogen-bond acceptors (Lipinski definition) is 4. The Labute approximate surface area is 154 Å². The van der Waals surface area contributed by atoms with E-state index in [-0.39, 0.29) is 11.7 Å². The standard InChI is InChI=1S/C18H20BrN3O3/c1-11-4-2-3-5-14(11)20-18(25)17-15(23)10-16(24)22(21-17)13-8-6-12(19)7-9-13/h6-11,14,23H,2-5H2,1H3,(H,20,25). The molecule has 1 aromatic carbocycles. The molecule has 2 atom stereocenters. The Kier molecular flexibility index (Phi) is 5.22. The van der Waals surface area contributed by atoms with E-state index in [1.807, 2.05) is 0 Å². The highest BCUT2D eigenvalue weighted by Crippen LogP contribution is 2.24. The summed E-state index contributed by atoms with van der Waals surface area (Å²) in [6, 6.07) is 8.06. The Morgan fingerprint density at radius 3 is 2.64 bits per heavy atom. The molecule has 0 radical (unpaired) electrons. The number of aromatic hydroxyl groups is 1. The molecular formula is C18H20BrN3O3. The van der Waals surface area contributed by atoms with Crippen molar-refractivity contribution in [2.75, 3.05) is 0 Å². The Morgan fingerprint density at radius 1 is 1.28 bits per heavy atom. The fourth-order valence-corrected chi connectivity index (χ4v) is 3.41. The van der Waals surface area contributed by atoms with E-state index in [1.54, 1.807) is 24.3 Å². The normalized spacial score (nSPS) is 20.2. The molecule has 6 nitrogen and oxygen atoms in total. The third-order valence-electron chi connectivity index (χ3n) is 4.63. The number of rotatable bonds is 3. The maximum Gasteiger partial charge on any atom is 0.275 e. The first kappa shape index (κ1) is 17.7. The fourth-order valence-electron chi connectivity index (χ4n) is 3.14. The van der Waals surface area contributed by atoms with E-state index in [2.05, 4.69) is 33.3 Å². The van der Waals surface area contributed by atoms with Crippen LogP contribution in [0.2, 0.25) is 0 Å². The molecule has 0 saturated heterocycles. The van der Waals surface area contributed by atoms with Crippen molar-refractivity contribution in [3.05, 3.63) is 50.9 Å². The Balaban J connectivity index is 1.90. The van der Waals surface area contributed by atoms with Crippen LogP contribution in [0, 0.1) is 5.92 Å². The maximum atomic E-state index is 12.6. The first-order chi connectivity index (χ1) is 12.0. The molecule has 0 spiro atoms. The van der Waals surface area contributed by atoms with Crippen LogP contribution in [-0.2, 0) is 0 Å². The van der Waals surface area contributed by atoms with Crippen molar-refractivity contribution in [1.82, 2.24) is 15.1 Å². The SMILES string of the molecule is CC1CCCCC1NC(=O)c1nn(-c2ccc(Br)cc2)c(=O)cc1O. The first-order valence-electron chi connectivity index (χ1n) is 8.36. The fraction of sp³-hybridized carbons (Fsp3) is 0.389. The molecule has 1 heterocycles. The van der Waals surface area contributed by atoms with Crippen LogP contribution >= 0.6 is 15.9 Å². The van der Waals surface area contributed by atoms with Crippen LogP contribution in [0.25, 0.3) is 5.69 Å². The van der Waals surface area contributed by atoms with Gasteiger partial charge in [0, 0.05) is 16.6 Å². The van der Waals surface area contributed by atoms with Crippen molar-refractivity contribution < 1.29 is 9.90 Å². The number of benzene rings is 1. The van der Waals surface area contributed by atoms with Crippen molar-refractivity contribution in [2.24, 2.45) is 5.92 Å². The minimum absolute atomic E-state index is 0.0653. The van der Waals surface area contributed by atoms with E-state index in [9.17, 15) is 14.7 Å². The van der Waals surface area contributed by atoms with Crippen LogP contribution in [0.5, 0.6) is 5.75 Å². The van der Waals surface area contributed by atoms with Gasteiger partial charge in [0.05, 0.1) is 5.69 Å². The highest BCUT2D eigenvalue weighted by molar-refractivity contribution is 9.10. The lowest BCUT2D eigenvalue weighted by atomic mass is 9.86. The molecule has 2 unspecified atom stereocenters. The molecule has 1 fully saturated rings. The lowest BCUT2D eigenvalue weighted by molar-refractivity contribution is 0.0900. The monoisotopic (exact) mass is 405 g/mol. The molecular weight excluding hydrogens is 386 g/mol. The minimum Gasteiger partial charge on any atom is -0.505 e. The third kappa shape index (κ3) is 3.92. The van der Waals surface area contributed by atoms with Gasteiger partial charge in [-0.05, 0) is 43.0 Å². The summed E-state index contributed by atoms with van der Waals surface area (Å²) in [5.41, 5.74) is -0.115. The van der Waals surface area contributed by atoms with Crippen LogP contribution < -0.4 is 10.9 Å². The Morgan fingerprint density at radius 2 is 1.96 bits per heavy atom. The van der Waals surface area contributed by atoms with Crippen molar-refractivity contribution in [2.45, 2.75) is 38.6 Å². The van der Waals surface area contributed by atoms with Gasteiger partial charge in [0.1, 0.15) is 0 Å². The molecule has 0 aliphatic heterocycles. The van der Waals surface area contributed by atoms with E-state index in [4.69, 9.17) is 0 Å². The summed E-state index contributed by atoms with van der Waals surface area (Å²) < 4.78 is 1.98. The Bertz CT molecular complexity index is 832. The van der Waals surface area contributed by atoms with E-state index in [1.165, 1.54) is 6.42 Å². The predicted octanol–water partition coefficient (Wildman–Crippen LogP) is 3.01. The molecule has 1 saturated carbocycles. The van der Waals surface area contributed by atoms with Crippen molar-refractivity contribution in [1.29, 1.82) is 0 Å². The van der Waals surface area contributed by atoms with Crippen LogP contribution in [0.15, 0.2) is 39.6 Å². The summed E-state index contributed by atoms with van der Waals surface area (Å²) in [6.45, 7) is 2.11. The van der Waals surface area contributed by atoms with Gasteiger partial charge in [-0.1, -0.05) is 35.7 Å². The van der Waals surface area contributed by atoms with E-state index in [0.717, 1.165) is 34.5 Å². The summed E-state index contributed by atoms with van der Waals surface area (Å²) in [5.74, 6) is -0.473. The summed E-state index contributed by atoms with van der Waals surface area (Å²) in [5, 5.41) is 17.1. The average Bonchev–Trinajstić information content (AvgIpc) is 2.58. The number of carbonyl (C=O) groups is 1. The van der Waals surface area contributed by atoms with Crippen LogP contribution in [0.4, 0.5) is 0 Å². The quantitative estimate of drug-likeness (QED) is 0.821. The molecule has 3 rings (SSSR count).